The maximum absolute atomic E-state index is 12.2. The minimum Gasteiger partial charge on any atom is -0.352 e. The lowest BCUT2D eigenvalue weighted by Gasteiger charge is -2.18. The first-order valence-corrected chi connectivity index (χ1v) is 8.28. The van der Waals surface area contributed by atoms with Crippen molar-refractivity contribution in [2.75, 3.05) is 33.7 Å². The molecule has 6 heteroatoms. The molecule has 0 saturated carbocycles. The molecule has 1 aromatic carbocycles. The summed E-state index contributed by atoms with van der Waals surface area (Å²) in [5, 5.41) is 3.58. The Kier molecular flexibility index (Phi) is 6.42. The number of likely N-dealkylation sites (tertiary alicyclic amines) is 1. The molecule has 0 aromatic heterocycles. The maximum Gasteiger partial charge on any atom is 0.225 e. The van der Waals surface area contributed by atoms with Crippen molar-refractivity contribution in [1.29, 1.82) is 0 Å². The van der Waals surface area contributed by atoms with E-state index in [-0.39, 0.29) is 17.7 Å². The standard InChI is InChI=1S/C17H24ClN3O2/c1-20(2)8-3-9-21-12-14(10-16(21)22)17(23)19-11-13-4-6-15(18)7-5-13/h4-7,14H,3,8-12H2,1-2H3,(H,19,23). The SMILES string of the molecule is CN(C)CCCN1CC(C(=O)NCc2ccc(Cl)cc2)CC1=O. The number of rotatable bonds is 7. The summed E-state index contributed by atoms with van der Waals surface area (Å²) in [6.07, 6.45) is 1.24. The van der Waals surface area contributed by atoms with Crippen LogP contribution in [-0.4, -0.2) is 55.3 Å². The minimum absolute atomic E-state index is 0.0524. The van der Waals surface area contributed by atoms with Crippen molar-refractivity contribution in [2.45, 2.75) is 19.4 Å². The molecule has 23 heavy (non-hydrogen) atoms. The minimum atomic E-state index is -0.242. The number of nitrogens with one attached hydrogen (secondary N) is 1. The summed E-state index contributed by atoms with van der Waals surface area (Å²) in [5.74, 6) is -0.215. The van der Waals surface area contributed by atoms with Crippen LogP contribution in [0.1, 0.15) is 18.4 Å². The van der Waals surface area contributed by atoms with Crippen LogP contribution in [-0.2, 0) is 16.1 Å². The Hall–Kier alpha value is -1.59. The van der Waals surface area contributed by atoms with Gasteiger partial charge >= 0.3 is 0 Å². The molecule has 0 radical (unpaired) electrons. The van der Waals surface area contributed by atoms with Crippen molar-refractivity contribution in [2.24, 2.45) is 5.92 Å². The molecular formula is C17H24ClN3O2. The topological polar surface area (TPSA) is 52.6 Å². The fourth-order valence-electron chi connectivity index (χ4n) is 2.68. The molecule has 2 amide bonds. The monoisotopic (exact) mass is 337 g/mol. The fraction of sp³-hybridized carbons (Fsp3) is 0.529. The van der Waals surface area contributed by atoms with E-state index in [1.165, 1.54) is 0 Å². The number of nitrogens with zero attached hydrogens (tertiary/aromatic N) is 2. The van der Waals surface area contributed by atoms with Crippen molar-refractivity contribution in [3.8, 4) is 0 Å². The van der Waals surface area contributed by atoms with Gasteiger partial charge < -0.3 is 15.1 Å². The van der Waals surface area contributed by atoms with Gasteiger partial charge in [0.1, 0.15) is 0 Å². The quantitative estimate of drug-likeness (QED) is 0.825. The van der Waals surface area contributed by atoms with Crippen LogP contribution in [0.4, 0.5) is 0 Å². The second-order valence-corrected chi connectivity index (χ2v) is 6.68. The maximum atomic E-state index is 12.2. The molecule has 1 N–H and O–H groups in total. The van der Waals surface area contributed by atoms with E-state index >= 15 is 0 Å². The lowest BCUT2D eigenvalue weighted by Crippen LogP contribution is -2.33. The van der Waals surface area contributed by atoms with Gasteiger partial charge in [0.25, 0.3) is 0 Å². The molecule has 5 nitrogen and oxygen atoms in total. The van der Waals surface area contributed by atoms with E-state index in [0.29, 0.717) is 24.5 Å². The summed E-state index contributed by atoms with van der Waals surface area (Å²) in [6, 6.07) is 7.37. The van der Waals surface area contributed by atoms with Crippen LogP contribution in [0.5, 0.6) is 0 Å². The Morgan fingerprint density at radius 1 is 1.35 bits per heavy atom. The average molecular weight is 338 g/mol. The van der Waals surface area contributed by atoms with Gasteiger partial charge in [-0.3, -0.25) is 9.59 Å². The summed E-state index contributed by atoms with van der Waals surface area (Å²) >= 11 is 5.84. The molecule has 126 valence electrons. The van der Waals surface area contributed by atoms with E-state index in [0.717, 1.165) is 25.1 Å². The molecule has 0 aliphatic carbocycles. The molecule has 1 aromatic rings. The molecule has 0 spiro atoms. The lowest BCUT2D eigenvalue weighted by atomic mass is 10.1. The van der Waals surface area contributed by atoms with Crippen LogP contribution < -0.4 is 5.32 Å². The Morgan fingerprint density at radius 3 is 2.70 bits per heavy atom. The summed E-state index contributed by atoms with van der Waals surface area (Å²) < 4.78 is 0. The molecule has 1 unspecified atom stereocenters. The first-order chi connectivity index (χ1) is 11.0. The van der Waals surface area contributed by atoms with E-state index in [4.69, 9.17) is 11.6 Å². The highest BCUT2D eigenvalue weighted by atomic mass is 35.5. The Labute approximate surface area is 142 Å². The van der Waals surface area contributed by atoms with Gasteiger partial charge in [-0.1, -0.05) is 23.7 Å². The first kappa shape index (κ1) is 17.8. The zero-order chi connectivity index (χ0) is 16.8. The normalized spacial score (nSPS) is 17.8. The first-order valence-electron chi connectivity index (χ1n) is 7.90. The smallest absolute Gasteiger partial charge is 0.225 e. The largest absolute Gasteiger partial charge is 0.352 e. The average Bonchev–Trinajstić information content (AvgIpc) is 2.87. The second kappa shape index (κ2) is 8.31. The Balaban J connectivity index is 1.77. The van der Waals surface area contributed by atoms with Gasteiger partial charge in [0.15, 0.2) is 0 Å². The number of carbonyl (C=O) groups is 2. The molecule has 1 aliphatic rings. The van der Waals surface area contributed by atoms with E-state index in [2.05, 4.69) is 10.2 Å². The fourth-order valence-corrected chi connectivity index (χ4v) is 2.80. The zero-order valence-electron chi connectivity index (χ0n) is 13.7. The molecule has 1 fully saturated rings. The van der Waals surface area contributed by atoms with Gasteiger partial charge in [-0.15, -0.1) is 0 Å². The predicted molar refractivity (Wildman–Crippen MR) is 91.2 cm³/mol. The third kappa shape index (κ3) is 5.52. The van der Waals surface area contributed by atoms with Gasteiger partial charge in [0.05, 0.1) is 5.92 Å². The Morgan fingerprint density at radius 2 is 2.04 bits per heavy atom. The van der Waals surface area contributed by atoms with Gasteiger partial charge in [-0.25, -0.2) is 0 Å². The van der Waals surface area contributed by atoms with E-state index in [1.807, 2.05) is 26.2 Å². The number of halogens is 1. The van der Waals surface area contributed by atoms with Crippen LogP contribution >= 0.6 is 11.6 Å². The van der Waals surface area contributed by atoms with Crippen molar-refractivity contribution < 1.29 is 9.59 Å². The van der Waals surface area contributed by atoms with E-state index < -0.39 is 0 Å². The van der Waals surface area contributed by atoms with Crippen LogP contribution in [0.3, 0.4) is 0 Å². The number of benzene rings is 1. The number of carbonyl (C=O) groups excluding carboxylic acids is 2. The lowest BCUT2D eigenvalue weighted by molar-refractivity contribution is -0.129. The Bertz CT molecular complexity index is 545. The van der Waals surface area contributed by atoms with Gasteiger partial charge in [-0.05, 0) is 44.8 Å². The summed E-state index contributed by atoms with van der Waals surface area (Å²) in [5.41, 5.74) is 0.995. The van der Waals surface area contributed by atoms with Crippen molar-refractivity contribution in [3.63, 3.8) is 0 Å². The van der Waals surface area contributed by atoms with Gasteiger partial charge in [0.2, 0.25) is 11.8 Å². The van der Waals surface area contributed by atoms with Crippen LogP contribution in [0.15, 0.2) is 24.3 Å². The highest BCUT2D eigenvalue weighted by molar-refractivity contribution is 6.30. The van der Waals surface area contributed by atoms with E-state index in [9.17, 15) is 9.59 Å². The highest BCUT2D eigenvalue weighted by Gasteiger charge is 2.33. The van der Waals surface area contributed by atoms with Crippen LogP contribution in [0.2, 0.25) is 5.02 Å². The van der Waals surface area contributed by atoms with Crippen molar-refractivity contribution >= 4 is 23.4 Å². The van der Waals surface area contributed by atoms with Crippen molar-refractivity contribution in [3.05, 3.63) is 34.9 Å². The third-order valence-electron chi connectivity index (χ3n) is 4.00. The molecule has 1 saturated heterocycles. The third-order valence-corrected chi connectivity index (χ3v) is 4.25. The molecular weight excluding hydrogens is 314 g/mol. The number of hydrogen-bond acceptors (Lipinski definition) is 3. The molecule has 0 bridgehead atoms. The number of hydrogen-bond donors (Lipinski definition) is 1. The predicted octanol–water partition coefficient (Wildman–Crippen LogP) is 1.76. The summed E-state index contributed by atoms with van der Waals surface area (Å²) in [7, 11) is 4.03. The van der Waals surface area contributed by atoms with Crippen LogP contribution in [0, 0.1) is 5.92 Å². The summed E-state index contributed by atoms with van der Waals surface area (Å²) in [6.45, 7) is 2.65. The van der Waals surface area contributed by atoms with Crippen LogP contribution in [0.25, 0.3) is 0 Å². The molecule has 1 aliphatic heterocycles. The summed E-state index contributed by atoms with van der Waals surface area (Å²) in [4.78, 5) is 28.1. The number of amides is 2. The highest BCUT2D eigenvalue weighted by Crippen LogP contribution is 2.18. The van der Waals surface area contributed by atoms with Crippen molar-refractivity contribution in [1.82, 2.24) is 15.1 Å². The molecule has 1 heterocycles. The van der Waals surface area contributed by atoms with Gasteiger partial charge in [-0.2, -0.15) is 0 Å². The second-order valence-electron chi connectivity index (χ2n) is 6.24. The van der Waals surface area contributed by atoms with Gasteiger partial charge in [0, 0.05) is 31.1 Å². The molecule has 2 rings (SSSR count). The molecule has 1 atom stereocenters. The zero-order valence-corrected chi connectivity index (χ0v) is 14.5. The van der Waals surface area contributed by atoms with E-state index in [1.54, 1.807) is 17.0 Å².